The van der Waals surface area contributed by atoms with Crippen LogP contribution in [0.15, 0.2) is 53.6 Å². The molecule has 1 fully saturated rings. The number of rotatable bonds is 5. The van der Waals surface area contributed by atoms with E-state index < -0.39 is 5.60 Å². The number of ether oxygens (including phenoxy) is 1. The Morgan fingerprint density at radius 2 is 1.84 bits per heavy atom. The zero-order valence-corrected chi connectivity index (χ0v) is 20.5. The third kappa shape index (κ3) is 6.42. The fourth-order valence-electron chi connectivity index (χ4n) is 3.64. The summed E-state index contributed by atoms with van der Waals surface area (Å²) in [6.45, 7) is 10.9. The normalized spacial score (nSPS) is 14.7. The summed E-state index contributed by atoms with van der Waals surface area (Å²) in [5.74, 6) is -0.112. The summed E-state index contributed by atoms with van der Waals surface area (Å²) >= 11 is 3.46. The Labute approximate surface area is 198 Å². The first-order valence-electron chi connectivity index (χ1n) is 10.8. The minimum absolute atomic E-state index is 0.00529. The number of carbonyl (C=O) groups is 2. The van der Waals surface area contributed by atoms with Gasteiger partial charge in [-0.2, -0.15) is 0 Å². The standard InChI is InChI=1S/C25H30BrN3O3/c1-5-18-8-11-22(27-16-18)23(30)29(17-19-6-9-20(26)10-7-19)21-12-14-28(15-13-21)24(31)32-25(2,3)4/h5-11,16,21H,1,12-15,17H2,2-4H3. The van der Waals surface area contributed by atoms with Gasteiger partial charge in [-0.25, -0.2) is 4.79 Å². The largest absolute Gasteiger partial charge is 0.444 e. The van der Waals surface area contributed by atoms with E-state index in [4.69, 9.17) is 4.74 Å². The van der Waals surface area contributed by atoms with Crippen molar-refractivity contribution in [1.29, 1.82) is 0 Å². The number of halogens is 1. The van der Waals surface area contributed by atoms with Gasteiger partial charge in [0.05, 0.1) is 0 Å². The fraction of sp³-hybridized carbons (Fsp3) is 0.400. The van der Waals surface area contributed by atoms with E-state index in [2.05, 4.69) is 27.5 Å². The van der Waals surface area contributed by atoms with Gasteiger partial charge in [0.15, 0.2) is 0 Å². The second-order valence-electron chi connectivity index (χ2n) is 8.94. The van der Waals surface area contributed by atoms with Gasteiger partial charge in [-0.1, -0.05) is 46.8 Å². The molecule has 0 atom stereocenters. The third-order valence-electron chi connectivity index (χ3n) is 5.33. The van der Waals surface area contributed by atoms with E-state index >= 15 is 0 Å². The SMILES string of the molecule is C=Cc1ccc(C(=O)N(Cc2ccc(Br)cc2)C2CCN(C(=O)OC(C)(C)C)CC2)nc1. The molecule has 1 aliphatic heterocycles. The minimum Gasteiger partial charge on any atom is -0.444 e. The molecule has 1 aliphatic rings. The van der Waals surface area contributed by atoms with Gasteiger partial charge in [-0.15, -0.1) is 0 Å². The number of nitrogens with zero attached hydrogens (tertiary/aromatic N) is 3. The van der Waals surface area contributed by atoms with E-state index in [9.17, 15) is 9.59 Å². The van der Waals surface area contributed by atoms with Crippen LogP contribution in [0.5, 0.6) is 0 Å². The maximum atomic E-state index is 13.4. The average molecular weight is 500 g/mol. The van der Waals surface area contributed by atoms with E-state index in [0.29, 0.717) is 38.2 Å². The van der Waals surface area contributed by atoms with Crippen molar-refractivity contribution in [2.45, 2.75) is 51.8 Å². The second kappa shape index (κ2) is 10.3. The number of pyridine rings is 1. The molecular weight excluding hydrogens is 470 g/mol. The van der Waals surface area contributed by atoms with Gasteiger partial charge in [0.1, 0.15) is 11.3 Å². The van der Waals surface area contributed by atoms with E-state index in [1.165, 1.54) is 0 Å². The van der Waals surface area contributed by atoms with Crippen molar-refractivity contribution in [2.75, 3.05) is 13.1 Å². The molecule has 0 N–H and O–H groups in total. The number of likely N-dealkylation sites (tertiary alicyclic amines) is 1. The fourth-order valence-corrected chi connectivity index (χ4v) is 3.90. The van der Waals surface area contributed by atoms with Gasteiger partial charge in [0, 0.05) is 36.3 Å². The Morgan fingerprint density at radius 1 is 1.19 bits per heavy atom. The van der Waals surface area contributed by atoms with Crippen LogP contribution in [0.1, 0.15) is 55.2 Å². The Morgan fingerprint density at radius 3 is 2.38 bits per heavy atom. The van der Waals surface area contributed by atoms with Gasteiger partial charge in [0.2, 0.25) is 0 Å². The summed E-state index contributed by atoms with van der Waals surface area (Å²) < 4.78 is 6.49. The molecule has 1 aromatic carbocycles. The molecule has 0 bridgehead atoms. The molecule has 0 unspecified atom stereocenters. The maximum Gasteiger partial charge on any atom is 0.410 e. The van der Waals surface area contributed by atoms with Crippen LogP contribution in [0.25, 0.3) is 6.08 Å². The van der Waals surface area contributed by atoms with E-state index in [-0.39, 0.29) is 18.0 Å². The first-order valence-corrected chi connectivity index (χ1v) is 11.6. The van der Waals surface area contributed by atoms with Crippen LogP contribution in [-0.2, 0) is 11.3 Å². The number of piperidine rings is 1. The lowest BCUT2D eigenvalue weighted by Gasteiger charge is -2.39. The summed E-state index contributed by atoms with van der Waals surface area (Å²) in [6, 6.07) is 11.6. The number of aromatic nitrogens is 1. The molecule has 0 radical (unpaired) electrons. The predicted octanol–water partition coefficient (Wildman–Crippen LogP) is 5.53. The Hall–Kier alpha value is -2.67. The molecule has 1 saturated heterocycles. The molecule has 32 heavy (non-hydrogen) atoms. The molecule has 0 saturated carbocycles. The summed E-state index contributed by atoms with van der Waals surface area (Å²) in [5.41, 5.74) is 1.79. The first-order chi connectivity index (χ1) is 15.2. The van der Waals surface area contributed by atoms with Crippen LogP contribution in [-0.4, -0.2) is 51.5 Å². The second-order valence-corrected chi connectivity index (χ2v) is 9.85. The molecule has 1 aromatic heterocycles. The molecule has 170 valence electrons. The molecule has 2 heterocycles. The molecule has 2 amide bonds. The highest BCUT2D eigenvalue weighted by Gasteiger charge is 2.32. The van der Waals surface area contributed by atoms with Crippen LogP contribution < -0.4 is 0 Å². The number of benzene rings is 1. The van der Waals surface area contributed by atoms with Crippen LogP contribution in [0.2, 0.25) is 0 Å². The van der Waals surface area contributed by atoms with Gasteiger partial charge < -0.3 is 14.5 Å². The summed E-state index contributed by atoms with van der Waals surface area (Å²) in [4.78, 5) is 33.8. The maximum absolute atomic E-state index is 13.4. The summed E-state index contributed by atoms with van der Waals surface area (Å²) in [6.07, 6.45) is 4.43. The van der Waals surface area contributed by atoms with Crippen molar-refractivity contribution in [2.24, 2.45) is 0 Å². The number of carbonyl (C=O) groups excluding carboxylic acids is 2. The molecule has 3 rings (SSSR count). The molecule has 0 aliphatic carbocycles. The Kier molecular flexibility index (Phi) is 7.72. The lowest BCUT2D eigenvalue weighted by atomic mass is 10.0. The molecule has 0 spiro atoms. The van der Waals surface area contributed by atoms with Crippen molar-refractivity contribution >= 4 is 34.0 Å². The lowest BCUT2D eigenvalue weighted by molar-refractivity contribution is 0.0141. The highest BCUT2D eigenvalue weighted by Crippen LogP contribution is 2.23. The van der Waals surface area contributed by atoms with Gasteiger partial charge in [0.25, 0.3) is 5.91 Å². The summed E-state index contributed by atoms with van der Waals surface area (Å²) in [7, 11) is 0. The molecular formula is C25H30BrN3O3. The number of hydrogen-bond acceptors (Lipinski definition) is 4. The van der Waals surface area contributed by atoms with E-state index in [0.717, 1.165) is 15.6 Å². The zero-order valence-electron chi connectivity index (χ0n) is 18.9. The number of amides is 2. The molecule has 6 nitrogen and oxygen atoms in total. The van der Waals surface area contributed by atoms with Crippen LogP contribution >= 0.6 is 15.9 Å². The van der Waals surface area contributed by atoms with Crippen molar-refractivity contribution in [3.05, 3.63) is 70.5 Å². The minimum atomic E-state index is -0.527. The summed E-state index contributed by atoms with van der Waals surface area (Å²) in [5, 5.41) is 0. The smallest absolute Gasteiger partial charge is 0.410 e. The molecule has 2 aromatic rings. The van der Waals surface area contributed by atoms with Crippen LogP contribution in [0, 0.1) is 0 Å². The highest BCUT2D eigenvalue weighted by molar-refractivity contribution is 9.10. The van der Waals surface area contributed by atoms with Crippen molar-refractivity contribution < 1.29 is 14.3 Å². The van der Waals surface area contributed by atoms with Crippen LogP contribution in [0.3, 0.4) is 0 Å². The van der Waals surface area contributed by atoms with Crippen molar-refractivity contribution in [3.8, 4) is 0 Å². The zero-order chi connectivity index (χ0) is 23.3. The molecule has 7 heteroatoms. The van der Waals surface area contributed by atoms with Crippen molar-refractivity contribution in [1.82, 2.24) is 14.8 Å². The monoisotopic (exact) mass is 499 g/mol. The van der Waals surface area contributed by atoms with E-state index in [1.807, 2.05) is 56.0 Å². The van der Waals surface area contributed by atoms with Crippen molar-refractivity contribution in [3.63, 3.8) is 0 Å². The van der Waals surface area contributed by atoms with Crippen LogP contribution in [0.4, 0.5) is 4.79 Å². The average Bonchev–Trinajstić information content (AvgIpc) is 2.77. The first kappa shape index (κ1) is 24.0. The predicted molar refractivity (Wildman–Crippen MR) is 129 cm³/mol. The topological polar surface area (TPSA) is 62.7 Å². The Balaban J connectivity index is 1.76. The highest BCUT2D eigenvalue weighted by atomic mass is 79.9. The Bertz CT molecular complexity index is 944. The van der Waals surface area contributed by atoms with Gasteiger partial charge in [-0.05, 0) is 62.9 Å². The lowest BCUT2D eigenvalue weighted by Crippen LogP contribution is -2.49. The quantitative estimate of drug-likeness (QED) is 0.542. The third-order valence-corrected chi connectivity index (χ3v) is 5.85. The van der Waals surface area contributed by atoms with Gasteiger partial charge >= 0.3 is 6.09 Å². The number of hydrogen-bond donors (Lipinski definition) is 0. The van der Waals surface area contributed by atoms with Gasteiger partial charge in [-0.3, -0.25) is 9.78 Å². The van der Waals surface area contributed by atoms with E-state index in [1.54, 1.807) is 23.2 Å².